The summed E-state index contributed by atoms with van der Waals surface area (Å²) >= 11 is 1.69. The van der Waals surface area contributed by atoms with Crippen molar-refractivity contribution < 1.29 is 4.79 Å². The van der Waals surface area contributed by atoms with E-state index < -0.39 is 0 Å². The van der Waals surface area contributed by atoms with E-state index >= 15 is 0 Å². The van der Waals surface area contributed by atoms with Crippen molar-refractivity contribution in [3.63, 3.8) is 0 Å². The fourth-order valence-electron chi connectivity index (χ4n) is 2.37. The Morgan fingerprint density at radius 3 is 3.11 bits per heavy atom. The molecule has 19 heavy (non-hydrogen) atoms. The Kier molecular flexibility index (Phi) is 3.73. The van der Waals surface area contributed by atoms with E-state index in [0.717, 1.165) is 49.1 Å². The van der Waals surface area contributed by atoms with Crippen LogP contribution < -0.4 is 5.32 Å². The second kappa shape index (κ2) is 5.65. The Bertz CT molecular complexity index is 515. The van der Waals surface area contributed by atoms with Crippen molar-refractivity contribution in [2.45, 2.75) is 19.4 Å². The number of likely N-dealkylation sites (tertiary alicyclic amines) is 1. The molecule has 5 heteroatoms. The first kappa shape index (κ1) is 12.5. The van der Waals surface area contributed by atoms with Crippen LogP contribution in [0.25, 0.3) is 0 Å². The molecule has 100 valence electrons. The predicted octanol–water partition coefficient (Wildman–Crippen LogP) is 2.32. The van der Waals surface area contributed by atoms with Gasteiger partial charge in [0.2, 0.25) is 5.91 Å². The van der Waals surface area contributed by atoms with Gasteiger partial charge in [-0.2, -0.15) is 0 Å². The van der Waals surface area contributed by atoms with Crippen LogP contribution in [0, 0.1) is 0 Å². The number of nitrogens with one attached hydrogen (secondary N) is 1. The van der Waals surface area contributed by atoms with Crippen LogP contribution in [0.1, 0.15) is 18.4 Å². The molecular weight excluding hydrogens is 258 g/mol. The van der Waals surface area contributed by atoms with Gasteiger partial charge in [-0.05, 0) is 18.1 Å². The van der Waals surface area contributed by atoms with Crippen LogP contribution in [0.2, 0.25) is 0 Å². The maximum atomic E-state index is 11.5. The monoisotopic (exact) mass is 275 g/mol. The normalized spacial score (nSPS) is 18.0. The molecule has 0 atom stereocenters. The molecule has 0 bridgehead atoms. The van der Waals surface area contributed by atoms with Gasteiger partial charge in [-0.15, -0.1) is 0 Å². The highest BCUT2D eigenvalue weighted by molar-refractivity contribution is 8.14. The largest absolute Gasteiger partial charge is 0.342 e. The third-order valence-electron chi connectivity index (χ3n) is 3.42. The fraction of sp³-hybridized carbons (Fsp3) is 0.429. The van der Waals surface area contributed by atoms with Crippen molar-refractivity contribution in [2.75, 3.05) is 24.2 Å². The summed E-state index contributed by atoms with van der Waals surface area (Å²) < 4.78 is 0. The lowest BCUT2D eigenvalue weighted by Gasteiger charge is -2.19. The number of anilines is 1. The lowest BCUT2D eigenvalue weighted by molar-refractivity contribution is -0.127. The van der Waals surface area contributed by atoms with E-state index in [1.165, 1.54) is 5.56 Å². The molecule has 4 nitrogen and oxygen atoms in total. The van der Waals surface area contributed by atoms with E-state index in [9.17, 15) is 4.79 Å². The highest BCUT2D eigenvalue weighted by atomic mass is 32.2. The van der Waals surface area contributed by atoms with Crippen molar-refractivity contribution >= 4 is 28.5 Å². The average Bonchev–Trinajstić information content (AvgIpc) is 2.84. The first-order chi connectivity index (χ1) is 9.33. The van der Waals surface area contributed by atoms with Crippen molar-refractivity contribution in [2.24, 2.45) is 4.99 Å². The minimum atomic E-state index is 0.296. The second-order valence-corrected chi connectivity index (χ2v) is 5.82. The molecule has 0 spiro atoms. The molecule has 1 amide bonds. The van der Waals surface area contributed by atoms with Crippen molar-refractivity contribution in [1.29, 1.82) is 0 Å². The van der Waals surface area contributed by atoms with Gasteiger partial charge in [0.15, 0.2) is 5.17 Å². The summed E-state index contributed by atoms with van der Waals surface area (Å²) in [7, 11) is 0. The molecule has 3 rings (SSSR count). The summed E-state index contributed by atoms with van der Waals surface area (Å²) in [4.78, 5) is 18.0. The zero-order valence-corrected chi connectivity index (χ0v) is 11.6. The summed E-state index contributed by atoms with van der Waals surface area (Å²) in [6.07, 6.45) is 1.73. The lowest BCUT2D eigenvalue weighted by atomic mass is 10.1. The number of thioether (sulfide) groups is 1. The summed E-state index contributed by atoms with van der Waals surface area (Å²) in [5.74, 6) is 1.20. The average molecular weight is 275 g/mol. The highest BCUT2D eigenvalue weighted by Gasteiger charge is 2.19. The molecule has 0 aromatic heterocycles. The summed E-state index contributed by atoms with van der Waals surface area (Å²) in [6, 6.07) is 8.24. The second-order valence-electron chi connectivity index (χ2n) is 4.74. The lowest BCUT2D eigenvalue weighted by Crippen LogP contribution is -2.27. The third kappa shape index (κ3) is 2.92. The third-order valence-corrected chi connectivity index (χ3v) is 4.31. The summed E-state index contributed by atoms with van der Waals surface area (Å²) in [5, 5.41) is 4.31. The highest BCUT2D eigenvalue weighted by Crippen LogP contribution is 2.23. The zero-order valence-electron chi connectivity index (χ0n) is 10.8. The standard InChI is InChI=1S/C14H17N3OS/c18-13-6-3-7-17(13)8-9-19-14-15-10-11-4-1-2-5-12(11)16-14/h1-2,4-5H,3,6-10H2,(H,15,16). The molecule has 2 aliphatic heterocycles. The van der Waals surface area contributed by atoms with Crippen LogP contribution in [-0.2, 0) is 11.3 Å². The molecular formula is C14H17N3OS. The molecule has 1 fully saturated rings. The zero-order chi connectivity index (χ0) is 13.1. The molecule has 1 aromatic carbocycles. The molecule has 1 aromatic rings. The van der Waals surface area contributed by atoms with Crippen LogP contribution in [0.3, 0.4) is 0 Å². The Balaban J connectivity index is 1.49. The molecule has 0 saturated carbocycles. The van der Waals surface area contributed by atoms with Gasteiger partial charge in [0.25, 0.3) is 0 Å². The quantitative estimate of drug-likeness (QED) is 0.921. The van der Waals surface area contributed by atoms with Gasteiger partial charge in [0, 0.05) is 31.0 Å². The van der Waals surface area contributed by atoms with Gasteiger partial charge in [-0.1, -0.05) is 30.0 Å². The number of nitrogens with zero attached hydrogens (tertiary/aromatic N) is 2. The smallest absolute Gasteiger partial charge is 0.222 e. The molecule has 2 heterocycles. The maximum absolute atomic E-state index is 11.5. The van der Waals surface area contributed by atoms with Gasteiger partial charge < -0.3 is 10.2 Å². The number of carbonyl (C=O) groups is 1. The molecule has 0 radical (unpaired) electrons. The fourth-order valence-corrected chi connectivity index (χ4v) is 3.21. The SMILES string of the molecule is O=C1CCCN1CCSC1=NCc2ccccc2N1. The minimum absolute atomic E-state index is 0.296. The molecule has 0 aliphatic carbocycles. The van der Waals surface area contributed by atoms with E-state index in [2.05, 4.69) is 22.4 Å². The Hall–Kier alpha value is -1.49. The molecule has 0 unspecified atom stereocenters. The number of amides is 1. The number of benzene rings is 1. The van der Waals surface area contributed by atoms with Gasteiger partial charge >= 0.3 is 0 Å². The van der Waals surface area contributed by atoms with E-state index in [4.69, 9.17) is 0 Å². The molecule has 1 N–H and O–H groups in total. The Labute approximate surface area is 117 Å². The first-order valence-electron chi connectivity index (χ1n) is 6.63. The topological polar surface area (TPSA) is 44.7 Å². The van der Waals surface area contributed by atoms with E-state index in [1.54, 1.807) is 11.8 Å². The van der Waals surface area contributed by atoms with Crippen molar-refractivity contribution in [3.8, 4) is 0 Å². The van der Waals surface area contributed by atoms with Crippen LogP contribution in [0.5, 0.6) is 0 Å². The summed E-state index contributed by atoms with van der Waals surface area (Å²) in [5.41, 5.74) is 2.39. The first-order valence-corrected chi connectivity index (χ1v) is 7.61. The number of para-hydroxylation sites is 1. The van der Waals surface area contributed by atoms with Gasteiger partial charge in [-0.3, -0.25) is 9.79 Å². The predicted molar refractivity (Wildman–Crippen MR) is 79.5 cm³/mol. The Morgan fingerprint density at radius 2 is 2.26 bits per heavy atom. The number of amidine groups is 1. The van der Waals surface area contributed by atoms with E-state index in [1.807, 2.05) is 17.0 Å². The van der Waals surface area contributed by atoms with Crippen LogP contribution >= 0.6 is 11.8 Å². The van der Waals surface area contributed by atoms with E-state index in [0.29, 0.717) is 5.91 Å². The van der Waals surface area contributed by atoms with Gasteiger partial charge in [-0.25, -0.2) is 0 Å². The number of hydrogen-bond donors (Lipinski definition) is 1. The number of hydrogen-bond acceptors (Lipinski definition) is 4. The number of aliphatic imine (C=N–C) groups is 1. The number of carbonyl (C=O) groups excluding carboxylic acids is 1. The van der Waals surface area contributed by atoms with Crippen LogP contribution in [0.15, 0.2) is 29.3 Å². The molecule has 1 saturated heterocycles. The minimum Gasteiger partial charge on any atom is -0.342 e. The number of rotatable bonds is 3. The summed E-state index contributed by atoms with van der Waals surface area (Å²) in [6.45, 7) is 2.49. The van der Waals surface area contributed by atoms with Gasteiger partial charge in [0.1, 0.15) is 0 Å². The molecule has 2 aliphatic rings. The Morgan fingerprint density at radius 1 is 1.37 bits per heavy atom. The van der Waals surface area contributed by atoms with Crippen LogP contribution in [-0.4, -0.2) is 34.8 Å². The van der Waals surface area contributed by atoms with Crippen molar-refractivity contribution in [1.82, 2.24) is 4.90 Å². The number of fused-ring (bicyclic) bond motifs is 1. The van der Waals surface area contributed by atoms with E-state index in [-0.39, 0.29) is 0 Å². The van der Waals surface area contributed by atoms with Gasteiger partial charge in [0.05, 0.1) is 6.54 Å². The van der Waals surface area contributed by atoms with Crippen LogP contribution in [0.4, 0.5) is 5.69 Å². The van der Waals surface area contributed by atoms with Crippen molar-refractivity contribution in [3.05, 3.63) is 29.8 Å². The maximum Gasteiger partial charge on any atom is 0.222 e.